The van der Waals surface area contributed by atoms with Crippen molar-refractivity contribution in [3.63, 3.8) is 0 Å². The molecule has 0 unspecified atom stereocenters. The first-order valence-electron chi connectivity index (χ1n) is 7.43. The lowest BCUT2D eigenvalue weighted by Crippen LogP contribution is -2.06. The molecule has 0 atom stereocenters. The molecule has 0 heterocycles. The first-order chi connectivity index (χ1) is 10.6. The molecule has 2 aromatic carbocycles. The maximum atomic E-state index is 11.9. The molecule has 0 spiro atoms. The van der Waals surface area contributed by atoms with Gasteiger partial charge >= 0.3 is 5.97 Å². The predicted molar refractivity (Wildman–Crippen MR) is 87.0 cm³/mol. The predicted octanol–water partition coefficient (Wildman–Crippen LogP) is 3.99. The van der Waals surface area contributed by atoms with E-state index in [4.69, 9.17) is 9.47 Å². The van der Waals surface area contributed by atoms with E-state index in [-0.39, 0.29) is 12.6 Å². The molecule has 0 fully saturated rings. The quantitative estimate of drug-likeness (QED) is 0.756. The third-order valence-electron chi connectivity index (χ3n) is 3.63. The summed E-state index contributed by atoms with van der Waals surface area (Å²) < 4.78 is 10.5. The van der Waals surface area contributed by atoms with E-state index in [0.29, 0.717) is 12.8 Å². The van der Waals surface area contributed by atoms with E-state index in [2.05, 4.69) is 32.0 Å². The molecule has 0 radical (unpaired) electrons. The van der Waals surface area contributed by atoms with E-state index < -0.39 is 0 Å². The molecular formula is C19H22O3. The van der Waals surface area contributed by atoms with Gasteiger partial charge in [0.1, 0.15) is 12.4 Å². The molecule has 2 rings (SSSR count). The maximum absolute atomic E-state index is 11.9. The molecule has 0 bridgehead atoms. The highest BCUT2D eigenvalue weighted by molar-refractivity contribution is 5.69. The number of rotatable bonds is 6. The molecule has 0 N–H and O–H groups in total. The Morgan fingerprint density at radius 2 is 1.91 bits per heavy atom. The second-order valence-corrected chi connectivity index (χ2v) is 5.44. The largest absolute Gasteiger partial charge is 0.497 e. The second kappa shape index (κ2) is 7.64. The maximum Gasteiger partial charge on any atom is 0.306 e. The third kappa shape index (κ3) is 4.62. The smallest absolute Gasteiger partial charge is 0.306 e. The van der Waals surface area contributed by atoms with Gasteiger partial charge in [-0.1, -0.05) is 35.9 Å². The highest BCUT2D eigenvalue weighted by Crippen LogP contribution is 2.15. The number of hydrogen-bond donors (Lipinski definition) is 0. The molecule has 0 aromatic heterocycles. The van der Waals surface area contributed by atoms with Crippen molar-refractivity contribution in [2.75, 3.05) is 7.11 Å². The number of ether oxygens (including phenoxy) is 2. The summed E-state index contributed by atoms with van der Waals surface area (Å²) in [5, 5.41) is 0. The van der Waals surface area contributed by atoms with Gasteiger partial charge in [0.2, 0.25) is 0 Å². The van der Waals surface area contributed by atoms with Crippen LogP contribution in [0.1, 0.15) is 28.7 Å². The van der Waals surface area contributed by atoms with E-state index in [9.17, 15) is 4.79 Å². The minimum atomic E-state index is -0.178. The van der Waals surface area contributed by atoms with Crippen molar-refractivity contribution in [2.45, 2.75) is 33.3 Å². The summed E-state index contributed by atoms with van der Waals surface area (Å²) in [5.41, 5.74) is 4.59. The number of hydrogen-bond acceptors (Lipinski definition) is 3. The van der Waals surface area contributed by atoms with Gasteiger partial charge in [-0.3, -0.25) is 4.79 Å². The molecule has 116 valence electrons. The lowest BCUT2D eigenvalue weighted by atomic mass is 10.0. The molecule has 2 aromatic rings. The Balaban J connectivity index is 1.82. The Morgan fingerprint density at radius 3 is 2.64 bits per heavy atom. The Kier molecular flexibility index (Phi) is 5.59. The average Bonchev–Trinajstić information content (AvgIpc) is 2.52. The van der Waals surface area contributed by atoms with Crippen molar-refractivity contribution in [1.29, 1.82) is 0 Å². The van der Waals surface area contributed by atoms with Crippen LogP contribution >= 0.6 is 0 Å². The van der Waals surface area contributed by atoms with Gasteiger partial charge in [0.15, 0.2) is 0 Å². The van der Waals surface area contributed by atoms with Crippen molar-refractivity contribution in [2.24, 2.45) is 0 Å². The lowest BCUT2D eigenvalue weighted by Gasteiger charge is -2.08. The molecule has 0 amide bonds. The van der Waals surface area contributed by atoms with E-state index in [1.165, 1.54) is 16.7 Å². The molecule has 0 aliphatic rings. The topological polar surface area (TPSA) is 35.5 Å². The number of methoxy groups -OCH3 is 1. The van der Waals surface area contributed by atoms with Crippen molar-refractivity contribution in [3.05, 3.63) is 64.7 Å². The molecule has 3 heteroatoms. The van der Waals surface area contributed by atoms with Crippen LogP contribution in [-0.4, -0.2) is 13.1 Å². The van der Waals surface area contributed by atoms with Crippen LogP contribution in [0.3, 0.4) is 0 Å². The summed E-state index contributed by atoms with van der Waals surface area (Å²) in [6, 6.07) is 13.8. The van der Waals surface area contributed by atoms with Gasteiger partial charge in [0.05, 0.1) is 7.11 Å². The van der Waals surface area contributed by atoms with Gasteiger partial charge in [-0.05, 0) is 49.1 Å². The second-order valence-electron chi connectivity index (χ2n) is 5.44. The molecule has 22 heavy (non-hydrogen) atoms. The summed E-state index contributed by atoms with van der Waals surface area (Å²) in [5.74, 6) is 0.589. The summed E-state index contributed by atoms with van der Waals surface area (Å²) in [4.78, 5) is 11.9. The van der Waals surface area contributed by atoms with Crippen molar-refractivity contribution in [3.8, 4) is 5.75 Å². The number of esters is 1. The monoisotopic (exact) mass is 298 g/mol. The van der Waals surface area contributed by atoms with E-state index in [0.717, 1.165) is 11.3 Å². The average molecular weight is 298 g/mol. The van der Waals surface area contributed by atoms with Crippen molar-refractivity contribution < 1.29 is 14.3 Å². The zero-order chi connectivity index (χ0) is 15.9. The Hall–Kier alpha value is -2.29. The minimum Gasteiger partial charge on any atom is -0.497 e. The van der Waals surface area contributed by atoms with Crippen LogP contribution in [0.2, 0.25) is 0 Å². The van der Waals surface area contributed by atoms with Crippen LogP contribution in [0.4, 0.5) is 0 Å². The molecular weight excluding hydrogens is 276 g/mol. The Labute approximate surface area is 131 Å². The number of aryl methyl sites for hydroxylation is 3. The summed E-state index contributed by atoms with van der Waals surface area (Å²) in [7, 11) is 1.62. The third-order valence-corrected chi connectivity index (χ3v) is 3.63. The van der Waals surface area contributed by atoms with Crippen molar-refractivity contribution in [1.82, 2.24) is 0 Å². The van der Waals surface area contributed by atoms with Gasteiger partial charge < -0.3 is 9.47 Å². The molecule has 0 aliphatic heterocycles. The lowest BCUT2D eigenvalue weighted by molar-refractivity contribution is -0.144. The summed E-state index contributed by atoms with van der Waals surface area (Å²) in [6.45, 7) is 4.42. The number of carbonyl (C=O) groups excluding carboxylic acids is 1. The van der Waals surface area contributed by atoms with Gasteiger partial charge in [-0.2, -0.15) is 0 Å². The molecule has 0 aliphatic carbocycles. The molecule has 3 nitrogen and oxygen atoms in total. The summed E-state index contributed by atoms with van der Waals surface area (Å²) >= 11 is 0. The van der Waals surface area contributed by atoms with Crippen LogP contribution in [0.5, 0.6) is 5.75 Å². The highest BCUT2D eigenvalue weighted by atomic mass is 16.5. The fourth-order valence-electron chi connectivity index (χ4n) is 2.36. The number of benzene rings is 2. The first kappa shape index (κ1) is 16.1. The van der Waals surface area contributed by atoms with Crippen LogP contribution < -0.4 is 4.74 Å². The Morgan fingerprint density at radius 1 is 1.09 bits per heavy atom. The fourth-order valence-corrected chi connectivity index (χ4v) is 2.36. The van der Waals surface area contributed by atoms with Gasteiger partial charge in [0.25, 0.3) is 0 Å². The normalized spacial score (nSPS) is 10.3. The van der Waals surface area contributed by atoms with E-state index in [1.807, 2.05) is 24.3 Å². The molecule has 0 saturated carbocycles. The zero-order valence-electron chi connectivity index (χ0n) is 13.4. The van der Waals surface area contributed by atoms with E-state index in [1.54, 1.807) is 7.11 Å². The molecule has 0 saturated heterocycles. The highest BCUT2D eigenvalue weighted by Gasteiger charge is 2.06. The SMILES string of the molecule is COc1cccc(COC(=O)CCc2ccc(C)cc2C)c1. The van der Waals surface area contributed by atoms with E-state index >= 15 is 0 Å². The van der Waals surface area contributed by atoms with Gasteiger partial charge in [-0.15, -0.1) is 0 Å². The van der Waals surface area contributed by atoms with Crippen LogP contribution in [0.15, 0.2) is 42.5 Å². The first-order valence-corrected chi connectivity index (χ1v) is 7.43. The van der Waals surface area contributed by atoms with Crippen molar-refractivity contribution >= 4 is 5.97 Å². The van der Waals surface area contributed by atoms with Crippen LogP contribution in [0, 0.1) is 13.8 Å². The summed E-state index contributed by atoms with van der Waals surface area (Å²) in [6.07, 6.45) is 1.11. The minimum absolute atomic E-state index is 0.178. The van der Waals surface area contributed by atoms with Crippen LogP contribution in [0.25, 0.3) is 0 Å². The Bertz CT molecular complexity index is 647. The zero-order valence-corrected chi connectivity index (χ0v) is 13.4. The van der Waals surface area contributed by atoms with Gasteiger partial charge in [0, 0.05) is 6.42 Å². The van der Waals surface area contributed by atoms with Gasteiger partial charge in [-0.25, -0.2) is 0 Å². The number of carbonyl (C=O) groups is 1. The standard InChI is InChI=1S/C19H22O3/c1-14-7-8-17(15(2)11-14)9-10-19(20)22-13-16-5-4-6-18(12-16)21-3/h4-8,11-12H,9-10,13H2,1-3H3. The van der Waals surface area contributed by atoms with Crippen LogP contribution in [-0.2, 0) is 22.6 Å². The fraction of sp³-hybridized carbons (Fsp3) is 0.316.